The van der Waals surface area contributed by atoms with Gasteiger partial charge in [0.25, 0.3) is 0 Å². The van der Waals surface area contributed by atoms with Gasteiger partial charge in [-0.1, -0.05) is 33.3 Å². The number of carboxylic acids is 1. The van der Waals surface area contributed by atoms with Crippen LogP contribution in [0, 0.1) is 46.3 Å². The monoisotopic (exact) mass is 400 g/mol. The van der Waals surface area contributed by atoms with Crippen molar-refractivity contribution in [3.8, 4) is 0 Å². The molecule has 3 saturated carbocycles. The van der Waals surface area contributed by atoms with Crippen LogP contribution in [0.1, 0.15) is 91.9 Å². The van der Waals surface area contributed by atoms with E-state index in [0.717, 1.165) is 49.9 Å². The van der Waals surface area contributed by atoms with Gasteiger partial charge in [-0.2, -0.15) is 0 Å². The first-order chi connectivity index (χ1) is 13.7. The lowest BCUT2D eigenvalue weighted by molar-refractivity contribution is -0.142. The number of rotatable bonds is 5. The maximum Gasteiger partial charge on any atom is 0.306 e. The average Bonchev–Trinajstić information content (AvgIpc) is 3.03. The van der Waals surface area contributed by atoms with Crippen molar-refractivity contribution in [2.24, 2.45) is 46.3 Å². The number of ketones is 1. The van der Waals surface area contributed by atoms with Gasteiger partial charge in [-0.25, -0.2) is 0 Å². The van der Waals surface area contributed by atoms with Gasteiger partial charge in [0.2, 0.25) is 0 Å². The van der Waals surface area contributed by atoms with Gasteiger partial charge in [0.1, 0.15) is 0 Å². The minimum absolute atomic E-state index is 0.190. The highest BCUT2D eigenvalue weighted by atomic mass is 16.4. The summed E-state index contributed by atoms with van der Waals surface area (Å²) in [5.41, 5.74) is 2.08. The molecule has 4 rings (SSSR count). The van der Waals surface area contributed by atoms with Crippen LogP contribution in [-0.4, -0.2) is 16.9 Å². The molecule has 0 aromatic heterocycles. The van der Waals surface area contributed by atoms with E-state index in [9.17, 15) is 14.7 Å². The Kier molecular flexibility index (Phi) is 5.49. The van der Waals surface area contributed by atoms with Crippen molar-refractivity contribution in [2.45, 2.75) is 91.9 Å². The summed E-state index contributed by atoms with van der Waals surface area (Å²) < 4.78 is 0. The molecule has 0 aromatic rings. The van der Waals surface area contributed by atoms with Crippen molar-refractivity contribution in [3.05, 3.63) is 11.6 Å². The zero-order valence-electron chi connectivity index (χ0n) is 18.9. The van der Waals surface area contributed by atoms with E-state index < -0.39 is 5.97 Å². The molecule has 162 valence electrons. The zero-order chi connectivity index (χ0) is 21.0. The molecular weight excluding hydrogens is 360 g/mol. The van der Waals surface area contributed by atoms with Crippen LogP contribution in [0.4, 0.5) is 0 Å². The molecule has 4 aliphatic carbocycles. The molecule has 3 fully saturated rings. The molecule has 0 spiro atoms. The summed E-state index contributed by atoms with van der Waals surface area (Å²) in [4.78, 5) is 23.6. The molecule has 0 bridgehead atoms. The highest BCUT2D eigenvalue weighted by molar-refractivity contribution is 5.91. The van der Waals surface area contributed by atoms with Crippen LogP contribution in [0.15, 0.2) is 11.6 Å². The number of fused-ring (bicyclic) bond motifs is 5. The molecule has 1 unspecified atom stereocenters. The fraction of sp³-hybridized carbons (Fsp3) is 0.846. The Morgan fingerprint density at radius 3 is 2.59 bits per heavy atom. The normalized spacial score (nSPS) is 43.6. The summed E-state index contributed by atoms with van der Waals surface area (Å²) in [5.74, 6) is 3.01. The van der Waals surface area contributed by atoms with Crippen LogP contribution < -0.4 is 0 Å². The van der Waals surface area contributed by atoms with Gasteiger partial charge in [0, 0.05) is 6.42 Å². The van der Waals surface area contributed by atoms with Crippen molar-refractivity contribution >= 4 is 11.8 Å². The first-order valence-corrected chi connectivity index (χ1v) is 12.2. The van der Waals surface area contributed by atoms with Gasteiger partial charge < -0.3 is 5.11 Å². The molecular formula is C26H40O3. The van der Waals surface area contributed by atoms with E-state index in [-0.39, 0.29) is 11.3 Å². The second kappa shape index (κ2) is 7.54. The molecule has 4 aliphatic rings. The van der Waals surface area contributed by atoms with Gasteiger partial charge in [0.05, 0.1) is 5.92 Å². The molecule has 0 aliphatic heterocycles. The van der Waals surface area contributed by atoms with Crippen LogP contribution in [0.25, 0.3) is 0 Å². The predicted octanol–water partition coefficient (Wildman–Crippen LogP) is 6.27. The van der Waals surface area contributed by atoms with Crippen molar-refractivity contribution in [3.63, 3.8) is 0 Å². The first kappa shape index (κ1) is 21.1. The van der Waals surface area contributed by atoms with E-state index in [1.807, 2.05) is 13.0 Å². The third-order valence-corrected chi connectivity index (χ3v) is 10.2. The van der Waals surface area contributed by atoms with E-state index in [4.69, 9.17) is 0 Å². The molecule has 0 heterocycles. The zero-order valence-corrected chi connectivity index (χ0v) is 18.9. The number of carboxylic acid groups (broad SMARTS) is 1. The molecule has 3 heteroatoms. The molecule has 1 N–H and O–H groups in total. The molecule has 0 saturated heterocycles. The molecule has 0 aromatic carbocycles. The lowest BCUT2D eigenvalue weighted by atomic mass is 9.46. The van der Waals surface area contributed by atoms with Gasteiger partial charge in [-0.15, -0.1) is 0 Å². The Morgan fingerprint density at radius 2 is 1.90 bits per heavy atom. The lowest BCUT2D eigenvalue weighted by Gasteiger charge is -2.58. The number of aliphatic carboxylic acids is 1. The second-order valence-corrected chi connectivity index (χ2v) is 11.4. The number of hydrogen-bond acceptors (Lipinski definition) is 2. The van der Waals surface area contributed by atoms with Crippen LogP contribution in [0.3, 0.4) is 0 Å². The molecule has 0 amide bonds. The molecule has 8 atom stereocenters. The Bertz CT molecular complexity index is 709. The number of hydrogen-bond donors (Lipinski definition) is 1. The third kappa shape index (κ3) is 3.31. The minimum atomic E-state index is -0.617. The van der Waals surface area contributed by atoms with Crippen LogP contribution in [0.5, 0.6) is 0 Å². The second-order valence-electron chi connectivity index (χ2n) is 11.4. The van der Waals surface area contributed by atoms with E-state index in [2.05, 4.69) is 20.8 Å². The fourth-order valence-electron chi connectivity index (χ4n) is 8.59. The average molecular weight is 401 g/mol. The maximum atomic E-state index is 12.0. The summed E-state index contributed by atoms with van der Waals surface area (Å²) in [6.07, 6.45) is 12.9. The lowest BCUT2D eigenvalue weighted by Crippen LogP contribution is -2.51. The fourth-order valence-corrected chi connectivity index (χ4v) is 8.59. The van der Waals surface area contributed by atoms with Crippen LogP contribution in [0.2, 0.25) is 0 Å². The molecule has 3 nitrogen and oxygen atoms in total. The summed E-state index contributed by atoms with van der Waals surface area (Å²) in [6, 6.07) is 0. The first-order valence-electron chi connectivity index (χ1n) is 12.2. The summed E-state index contributed by atoms with van der Waals surface area (Å²) in [5, 5.41) is 9.54. The van der Waals surface area contributed by atoms with E-state index in [1.165, 1.54) is 37.7 Å². The van der Waals surface area contributed by atoms with Crippen molar-refractivity contribution in [1.29, 1.82) is 0 Å². The Hall–Kier alpha value is -1.12. The minimum Gasteiger partial charge on any atom is -0.481 e. The van der Waals surface area contributed by atoms with Crippen LogP contribution in [-0.2, 0) is 9.59 Å². The number of carbonyl (C=O) groups is 2. The largest absolute Gasteiger partial charge is 0.481 e. The Morgan fingerprint density at radius 1 is 1.14 bits per heavy atom. The van der Waals surface area contributed by atoms with Gasteiger partial charge in [0.15, 0.2) is 5.78 Å². The molecule has 0 radical (unpaired) electrons. The van der Waals surface area contributed by atoms with Gasteiger partial charge in [-0.05, 0) is 104 Å². The summed E-state index contributed by atoms with van der Waals surface area (Å²) in [6.45, 7) is 9.34. The Balaban J connectivity index is 1.54. The quantitative estimate of drug-likeness (QED) is 0.591. The van der Waals surface area contributed by atoms with E-state index in [0.29, 0.717) is 23.0 Å². The number of allylic oxidation sites excluding steroid dienone is 1. The van der Waals surface area contributed by atoms with Crippen molar-refractivity contribution in [1.82, 2.24) is 0 Å². The van der Waals surface area contributed by atoms with E-state index in [1.54, 1.807) is 0 Å². The smallest absolute Gasteiger partial charge is 0.306 e. The van der Waals surface area contributed by atoms with Crippen molar-refractivity contribution < 1.29 is 14.7 Å². The number of carbonyl (C=O) groups excluding carboxylic acids is 1. The highest BCUT2D eigenvalue weighted by Crippen LogP contribution is 2.67. The van der Waals surface area contributed by atoms with Crippen molar-refractivity contribution in [2.75, 3.05) is 0 Å². The summed E-state index contributed by atoms with van der Waals surface area (Å²) in [7, 11) is 0. The van der Waals surface area contributed by atoms with E-state index >= 15 is 0 Å². The van der Waals surface area contributed by atoms with Gasteiger partial charge >= 0.3 is 5.97 Å². The third-order valence-electron chi connectivity index (χ3n) is 10.2. The highest BCUT2D eigenvalue weighted by Gasteiger charge is 2.59. The maximum absolute atomic E-state index is 12.0. The predicted molar refractivity (Wildman–Crippen MR) is 115 cm³/mol. The Labute approximate surface area is 176 Å². The van der Waals surface area contributed by atoms with Gasteiger partial charge in [-0.3, -0.25) is 9.59 Å². The standard InChI is InChI=1S/C26H40O3/c1-5-17(24(28)29)14-16(2)21-8-9-22-20-7-6-18-15-19(27)10-12-25(18,3)23(20)11-13-26(21,22)4/h15-17,20-23H,5-14H2,1-4H3,(H,28,29)/t16-,17?,20+,21-,22+,23+,25+,26-/m1/s1. The molecule has 29 heavy (non-hydrogen) atoms. The summed E-state index contributed by atoms with van der Waals surface area (Å²) >= 11 is 0. The SMILES string of the molecule is CCC(C[C@@H](C)[C@H]1CC[C@H]2[C@@H]3CCC4=CC(=O)CC[C@]4(C)[C@H]3CC[C@]12C)C(=O)O. The topological polar surface area (TPSA) is 54.4 Å². The van der Waals surface area contributed by atoms with Crippen LogP contribution >= 0.6 is 0 Å².